The average molecular weight is 371 g/mol. The number of hydrogen-bond acceptors (Lipinski definition) is 5. The highest BCUT2D eigenvalue weighted by molar-refractivity contribution is 5.46. The van der Waals surface area contributed by atoms with Gasteiger partial charge in [-0.15, -0.1) is 0 Å². The highest BCUT2D eigenvalue weighted by Gasteiger charge is 2.22. The van der Waals surface area contributed by atoms with Crippen molar-refractivity contribution in [1.82, 2.24) is 14.9 Å². The third-order valence-electron chi connectivity index (χ3n) is 4.73. The molecule has 0 unspecified atom stereocenters. The largest absolute Gasteiger partial charge is 0.490 e. The number of hydrogen-bond donors (Lipinski definition) is 1. The number of ether oxygens (including phenoxy) is 2. The highest BCUT2D eigenvalue weighted by atomic mass is 16.5. The van der Waals surface area contributed by atoms with Crippen LogP contribution in [0, 0.1) is 0 Å². The molecule has 0 amide bonds. The van der Waals surface area contributed by atoms with Crippen molar-refractivity contribution in [3.8, 4) is 11.5 Å². The molecule has 0 aliphatic carbocycles. The molecule has 1 N–H and O–H groups in total. The summed E-state index contributed by atoms with van der Waals surface area (Å²) in [6.07, 6.45) is 2.59. The van der Waals surface area contributed by atoms with Gasteiger partial charge in [0.05, 0.1) is 24.5 Å². The maximum atomic E-state index is 12.5. The predicted octanol–water partition coefficient (Wildman–Crippen LogP) is 3.08. The second-order valence-corrected chi connectivity index (χ2v) is 6.76. The van der Waals surface area contributed by atoms with E-state index in [1.807, 2.05) is 26.0 Å². The van der Waals surface area contributed by atoms with Gasteiger partial charge in [-0.2, -0.15) is 0 Å². The van der Waals surface area contributed by atoms with Gasteiger partial charge in [-0.1, -0.05) is 19.1 Å². The summed E-state index contributed by atoms with van der Waals surface area (Å²) >= 11 is 0. The van der Waals surface area contributed by atoms with E-state index < -0.39 is 0 Å². The Bertz CT molecular complexity index is 832. The standard InChI is InChI=1S/C21H29N3O3/c1-4-8-19-22-17-11-12-24(14-16(17)21(25)23-19)13-15-9-7-10-18(26-5-2)20(15)27-6-3/h7,9-10H,4-6,8,11-14H2,1-3H3,(H,22,23,25). The summed E-state index contributed by atoms with van der Waals surface area (Å²) in [6.45, 7) is 9.41. The number of aromatic amines is 1. The molecule has 6 nitrogen and oxygen atoms in total. The number of aromatic nitrogens is 2. The van der Waals surface area contributed by atoms with Crippen LogP contribution >= 0.6 is 0 Å². The van der Waals surface area contributed by atoms with Crippen LogP contribution in [0.4, 0.5) is 0 Å². The van der Waals surface area contributed by atoms with E-state index in [1.54, 1.807) is 0 Å². The topological polar surface area (TPSA) is 67.5 Å². The minimum absolute atomic E-state index is 0.00116. The molecule has 0 radical (unpaired) electrons. The van der Waals surface area contributed by atoms with Gasteiger partial charge in [0.15, 0.2) is 11.5 Å². The first-order valence-corrected chi connectivity index (χ1v) is 9.87. The normalized spacial score (nSPS) is 14.0. The molecular formula is C21H29N3O3. The van der Waals surface area contributed by atoms with Gasteiger partial charge in [-0.05, 0) is 26.3 Å². The second kappa shape index (κ2) is 9.04. The molecule has 2 heterocycles. The molecule has 0 bridgehead atoms. The Kier molecular flexibility index (Phi) is 6.50. The van der Waals surface area contributed by atoms with Gasteiger partial charge >= 0.3 is 0 Å². The Morgan fingerprint density at radius 1 is 1.19 bits per heavy atom. The van der Waals surface area contributed by atoms with E-state index in [2.05, 4.69) is 27.9 Å². The zero-order chi connectivity index (χ0) is 19.2. The summed E-state index contributed by atoms with van der Waals surface area (Å²) in [6, 6.07) is 6.00. The van der Waals surface area contributed by atoms with Gasteiger partial charge in [-0.25, -0.2) is 4.98 Å². The lowest BCUT2D eigenvalue weighted by Gasteiger charge is -2.28. The van der Waals surface area contributed by atoms with Gasteiger partial charge < -0.3 is 14.5 Å². The summed E-state index contributed by atoms with van der Waals surface area (Å²) in [5, 5.41) is 0. The van der Waals surface area contributed by atoms with Crippen LogP contribution in [-0.4, -0.2) is 34.6 Å². The number of aryl methyl sites for hydroxylation is 1. The molecule has 0 fully saturated rings. The molecule has 0 saturated heterocycles. The van der Waals surface area contributed by atoms with Gasteiger partial charge in [0.25, 0.3) is 5.56 Å². The molecule has 1 aromatic heterocycles. The van der Waals surface area contributed by atoms with Gasteiger partial charge in [0.2, 0.25) is 0 Å². The van der Waals surface area contributed by atoms with Crippen molar-refractivity contribution >= 4 is 0 Å². The Morgan fingerprint density at radius 2 is 2.00 bits per heavy atom. The fourth-order valence-corrected chi connectivity index (χ4v) is 3.53. The molecule has 0 saturated carbocycles. The molecule has 27 heavy (non-hydrogen) atoms. The van der Waals surface area contributed by atoms with Crippen LogP contribution < -0.4 is 15.0 Å². The lowest BCUT2D eigenvalue weighted by atomic mass is 10.1. The zero-order valence-corrected chi connectivity index (χ0v) is 16.5. The van der Waals surface area contributed by atoms with Gasteiger partial charge in [-0.3, -0.25) is 9.69 Å². The molecule has 3 rings (SSSR count). The number of nitrogens with zero attached hydrogens (tertiary/aromatic N) is 2. The maximum Gasteiger partial charge on any atom is 0.255 e. The summed E-state index contributed by atoms with van der Waals surface area (Å²) in [7, 11) is 0. The molecule has 1 aliphatic rings. The third-order valence-corrected chi connectivity index (χ3v) is 4.73. The van der Waals surface area contributed by atoms with E-state index in [9.17, 15) is 4.79 Å². The fourth-order valence-electron chi connectivity index (χ4n) is 3.53. The van der Waals surface area contributed by atoms with Crippen molar-refractivity contribution in [2.45, 2.75) is 53.1 Å². The Morgan fingerprint density at radius 3 is 2.74 bits per heavy atom. The van der Waals surface area contributed by atoms with Crippen LogP contribution in [0.2, 0.25) is 0 Å². The monoisotopic (exact) mass is 371 g/mol. The number of H-pyrrole nitrogens is 1. The van der Waals surface area contributed by atoms with Crippen molar-refractivity contribution < 1.29 is 9.47 Å². The van der Waals surface area contributed by atoms with Crippen molar-refractivity contribution in [2.24, 2.45) is 0 Å². The summed E-state index contributed by atoms with van der Waals surface area (Å²) in [4.78, 5) is 22.4. The first-order valence-electron chi connectivity index (χ1n) is 9.87. The Labute approximate surface area is 160 Å². The van der Waals surface area contributed by atoms with E-state index in [0.29, 0.717) is 26.3 Å². The molecule has 2 aromatic rings. The van der Waals surface area contributed by atoms with Crippen LogP contribution in [0.3, 0.4) is 0 Å². The average Bonchev–Trinajstić information content (AvgIpc) is 2.65. The van der Waals surface area contributed by atoms with E-state index in [1.165, 1.54) is 0 Å². The summed E-state index contributed by atoms with van der Waals surface area (Å²) in [5.74, 6) is 2.38. The molecule has 1 aliphatic heterocycles. The molecule has 0 atom stereocenters. The van der Waals surface area contributed by atoms with Crippen LogP contribution in [0.1, 0.15) is 49.8 Å². The molecule has 0 spiro atoms. The third kappa shape index (κ3) is 4.50. The number of nitrogens with one attached hydrogen (secondary N) is 1. The Hall–Kier alpha value is -2.34. The van der Waals surface area contributed by atoms with E-state index in [-0.39, 0.29) is 5.56 Å². The van der Waals surface area contributed by atoms with Crippen molar-refractivity contribution in [3.63, 3.8) is 0 Å². The lowest BCUT2D eigenvalue weighted by Crippen LogP contribution is -2.35. The summed E-state index contributed by atoms with van der Waals surface area (Å²) < 4.78 is 11.6. The van der Waals surface area contributed by atoms with Crippen LogP contribution in [0.15, 0.2) is 23.0 Å². The zero-order valence-electron chi connectivity index (χ0n) is 16.5. The fraction of sp³-hybridized carbons (Fsp3) is 0.524. The smallest absolute Gasteiger partial charge is 0.255 e. The number of fused-ring (bicyclic) bond motifs is 1. The van der Waals surface area contributed by atoms with Gasteiger partial charge in [0, 0.05) is 38.0 Å². The first kappa shape index (κ1) is 19.4. The van der Waals surface area contributed by atoms with Gasteiger partial charge in [0.1, 0.15) is 5.82 Å². The Balaban J connectivity index is 1.81. The number of para-hydroxylation sites is 1. The summed E-state index contributed by atoms with van der Waals surface area (Å²) in [5.41, 5.74) is 2.83. The quantitative estimate of drug-likeness (QED) is 0.772. The van der Waals surface area contributed by atoms with Crippen LogP contribution in [0.5, 0.6) is 11.5 Å². The van der Waals surface area contributed by atoms with E-state index in [4.69, 9.17) is 9.47 Å². The SMILES string of the molecule is CCCc1nc2c(c(=O)[nH]1)CN(Cc1cccc(OCC)c1OCC)CC2. The van der Waals surface area contributed by atoms with Crippen LogP contribution in [-0.2, 0) is 25.9 Å². The van der Waals surface area contributed by atoms with E-state index >= 15 is 0 Å². The van der Waals surface area contributed by atoms with Crippen LogP contribution in [0.25, 0.3) is 0 Å². The minimum atomic E-state index is 0.00116. The first-order chi connectivity index (χ1) is 13.2. The minimum Gasteiger partial charge on any atom is -0.490 e. The van der Waals surface area contributed by atoms with Crippen molar-refractivity contribution in [2.75, 3.05) is 19.8 Å². The highest BCUT2D eigenvalue weighted by Crippen LogP contribution is 2.33. The molecule has 1 aromatic carbocycles. The molecule has 6 heteroatoms. The maximum absolute atomic E-state index is 12.5. The number of rotatable bonds is 8. The predicted molar refractivity (Wildman–Crippen MR) is 105 cm³/mol. The number of benzene rings is 1. The second-order valence-electron chi connectivity index (χ2n) is 6.76. The lowest BCUT2D eigenvalue weighted by molar-refractivity contribution is 0.231. The van der Waals surface area contributed by atoms with Crippen molar-refractivity contribution in [3.05, 3.63) is 51.2 Å². The molecular weight excluding hydrogens is 342 g/mol. The molecule has 146 valence electrons. The van der Waals surface area contributed by atoms with Crippen molar-refractivity contribution in [1.29, 1.82) is 0 Å². The van der Waals surface area contributed by atoms with E-state index in [0.717, 1.165) is 60.0 Å².